The van der Waals surface area contributed by atoms with Gasteiger partial charge in [-0.1, -0.05) is 6.92 Å². The van der Waals surface area contributed by atoms with Gasteiger partial charge in [0.05, 0.1) is 0 Å². The second kappa shape index (κ2) is 5.40. The van der Waals surface area contributed by atoms with E-state index in [0.717, 1.165) is 0 Å². The standard InChI is InChI=1S/C7H13NO4/c1-3-6(12-5(2)9)4-11-7(8)10/h6H,3-4H2,1-2H3,(H2,8,10). The van der Waals surface area contributed by atoms with E-state index in [2.05, 4.69) is 4.74 Å². The van der Waals surface area contributed by atoms with Gasteiger partial charge in [0.2, 0.25) is 0 Å². The van der Waals surface area contributed by atoms with E-state index in [4.69, 9.17) is 10.5 Å². The summed E-state index contributed by atoms with van der Waals surface area (Å²) < 4.78 is 9.24. The predicted octanol–water partition coefficient (Wildman–Crippen LogP) is 0.423. The van der Waals surface area contributed by atoms with Crippen molar-refractivity contribution in [3.05, 3.63) is 0 Å². The lowest BCUT2D eigenvalue weighted by Crippen LogP contribution is -2.25. The van der Waals surface area contributed by atoms with E-state index in [9.17, 15) is 9.59 Å². The normalized spacial score (nSPS) is 11.8. The van der Waals surface area contributed by atoms with Crippen molar-refractivity contribution >= 4 is 12.1 Å². The van der Waals surface area contributed by atoms with Crippen LogP contribution in [0.2, 0.25) is 0 Å². The molecule has 0 aliphatic rings. The Morgan fingerprint density at radius 1 is 1.50 bits per heavy atom. The molecule has 0 saturated carbocycles. The number of primary amides is 1. The van der Waals surface area contributed by atoms with Crippen LogP contribution in [0, 0.1) is 0 Å². The number of nitrogens with two attached hydrogens (primary N) is 1. The molecule has 12 heavy (non-hydrogen) atoms. The smallest absolute Gasteiger partial charge is 0.404 e. The molecule has 0 fully saturated rings. The Morgan fingerprint density at radius 2 is 2.08 bits per heavy atom. The lowest BCUT2D eigenvalue weighted by Gasteiger charge is -2.13. The highest BCUT2D eigenvalue weighted by molar-refractivity contribution is 5.66. The molecule has 0 saturated heterocycles. The molecule has 1 amide bonds. The number of amides is 1. The van der Waals surface area contributed by atoms with Gasteiger partial charge in [-0.15, -0.1) is 0 Å². The van der Waals surface area contributed by atoms with Crippen molar-refractivity contribution in [1.82, 2.24) is 0 Å². The van der Waals surface area contributed by atoms with Crippen molar-refractivity contribution < 1.29 is 19.1 Å². The molecule has 0 aromatic heterocycles. The maximum absolute atomic E-state index is 10.5. The molecule has 0 spiro atoms. The number of hydrogen-bond acceptors (Lipinski definition) is 4. The molecule has 2 N–H and O–H groups in total. The summed E-state index contributed by atoms with van der Waals surface area (Å²) in [6.07, 6.45) is -0.664. The van der Waals surface area contributed by atoms with Crippen LogP contribution in [0.25, 0.3) is 0 Å². The lowest BCUT2D eigenvalue weighted by molar-refractivity contribution is -0.148. The zero-order valence-electron chi connectivity index (χ0n) is 7.20. The first-order chi connectivity index (χ1) is 5.56. The molecule has 0 rings (SSSR count). The first-order valence-electron chi connectivity index (χ1n) is 3.65. The van der Waals surface area contributed by atoms with Gasteiger partial charge in [-0.25, -0.2) is 4.79 Å². The van der Waals surface area contributed by atoms with E-state index >= 15 is 0 Å². The number of ether oxygens (including phenoxy) is 2. The largest absolute Gasteiger partial charge is 0.459 e. The number of hydrogen-bond donors (Lipinski definition) is 1. The molecule has 0 aliphatic heterocycles. The number of carbonyl (C=O) groups is 2. The maximum atomic E-state index is 10.5. The average molecular weight is 175 g/mol. The van der Waals surface area contributed by atoms with Crippen LogP contribution >= 0.6 is 0 Å². The summed E-state index contributed by atoms with van der Waals surface area (Å²) in [5, 5.41) is 0. The fourth-order valence-corrected chi connectivity index (χ4v) is 0.645. The van der Waals surface area contributed by atoms with Crippen LogP contribution in [0.5, 0.6) is 0 Å². The Balaban J connectivity index is 3.67. The fraction of sp³-hybridized carbons (Fsp3) is 0.714. The van der Waals surface area contributed by atoms with Crippen molar-refractivity contribution in [2.24, 2.45) is 5.73 Å². The van der Waals surface area contributed by atoms with E-state index in [0.29, 0.717) is 6.42 Å². The highest BCUT2D eigenvalue weighted by Crippen LogP contribution is 1.98. The van der Waals surface area contributed by atoms with E-state index in [-0.39, 0.29) is 6.61 Å². The summed E-state index contributed by atoms with van der Waals surface area (Å²) in [4.78, 5) is 20.6. The molecule has 0 aromatic carbocycles. The zero-order chi connectivity index (χ0) is 9.56. The molecule has 5 nitrogen and oxygen atoms in total. The predicted molar refractivity (Wildman–Crippen MR) is 41.4 cm³/mol. The van der Waals surface area contributed by atoms with Gasteiger partial charge in [0.15, 0.2) is 0 Å². The van der Waals surface area contributed by atoms with Crippen LogP contribution in [0.1, 0.15) is 20.3 Å². The zero-order valence-corrected chi connectivity index (χ0v) is 7.20. The monoisotopic (exact) mass is 175 g/mol. The van der Waals surface area contributed by atoms with Crippen molar-refractivity contribution in [2.45, 2.75) is 26.4 Å². The van der Waals surface area contributed by atoms with Crippen molar-refractivity contribution in [3.8, 4) is 0 Å². The highest BCUT2D eigenvalue weighted by atomic mass is 16.6. The third-order valence-electron chi connectivity index (χ3n) is 1.20. The Kier molecular flexibility index (Phi) is 4.83. The summed E-state index contributed by atoms with van der Waals surface area (Å²) >= 11 is 0. The molecule has 0 aromatic rings. The van der Waals surface area contributed by atoms with Crippen LogP contribution in [0.4, 0.5) is 4.79 Å². The molecule has 1 atom stereocenters. The minimum atomic E-state index is -0.861. The van der Waals surface area contributed by atoms with Crippen molar-refractivity contribution in [1.29, 1.82) is 0 Å². The quantitative estimate of drug-likeness (QED) is 0.628. The second-order valence-electron chi connectivity index (χ2n) is 2.27. The highest BCUT2D eigenvalue weighted by Gasteiger charge is 2.10. The Labute approximate surface area is 70.8 Å². The average Bonchev–Trinajstić information content (AvgIpc) is 1.97. The SMILES string of the molecule is CCC(COC(N)=O)OC(C)=O. The van der Waals surface area contributed by atoms with Crippen LogP contribution in [-0.4, -0.2) is 24.8 Å². The topological polar surface area (TPSA) is 78.6 Å². The van der Waals surface area contributed by atoms with Gasteiger partial charge < -0.3 is 15.2 Å². The van der Waals surface area contributed by atoms with Crippen LogP contribution in [-0.2, 0) is 14.3 Å². The summed E-state index contributed by atoms with van der Waals surface area (Å²) in [5.74, 6) is -0.394. The molecule has 0 heterocycles. The molecule has 0 bridgehead atoms. The fourth-order valence-electron chi connectivity index (χ4n) is 0.645. The number of carbonyl (C=O) groups excluding carboxylic acids is 2. The second-order valence-corrected chi connectivity index (χ2v) is 2.27. The Hall–Kier alpha value is -1.26. The van der Waals surface area contributed by atoms with E-state index < -0.39 is 18.2 Å². The summed E-state index contributed by atoms with van der Waals surface area (Å²) in [7, 11) is 0. The van der Waals surface area contributed by atoms with Gasteiger partial charge >= 0.3 is 12.1 Å². The van der Waals surface area contributed by atoms with Gasteiger partial charge in [-0.05, 0) is 6.42 Å². The Morgan fingerprint density at radius 3 is 2.42 bits per heavy atom. The Bertz CT molecular complexity index is 169. The van der Waals surface area contributed by atoms with Crippen molar-refractivity contribution in [2.75, 3.05) is 6.61 Å². The summed E-state index contributed by atoms with van der Waals surface area (Å²) in [5.41, 5.74) is 4.72. The third-order valence-corrected chi connectivity index (χ3v) is 1.20. The number of rotatable bonds is 4. The first-order valence-corrected chi connectivity index (χ1v) is 3.65. The van der Waals surface area contributed by atoms with Gasteiger partial charge in [0.25, 0.3) is 0 Å². The molecule has 70 valence electrons. The van der Waals surface area contributed by atoms with Gasteiger partial charge in [0, 0.05) is 6.92 Å². The van der Waals surface area contributed by atoms with Crippen LogP contribution in [0.15, 0.2) is 0 Å². The van der Waals surface area contributed by atoms with Gasteiger partial charge in [-0.3, -0.25) is 4.79 Å². The van der Waals surface area contributed by atoms with Gasteiger partial charge in [0.1, 0.15) is 12.7 Å². The number of esters is 1. The van der Waals surface area contributed by atoms with Crippen LogP contribution in [0.3, 0.4) is 0 Å². The first kappa shape index (κ1) is 10.7. The van der Waals surface area contributed by atoms with Crippen molar-refractivity contribution in [3.63, 3.8) is 0 Å². The molecule has 0 radical (unpaired) electrons. The van der Waals surface area contributed by atoms with E-state index in [1.807, 2.05) is 6.92 Å². The minimum absolute atomic E-state index is 0.0193. The molecule has 5 heteroatoms. The molecule has 0 aliphatic carbocycles. The molecular weight excluding hydrogens is 162 g/mol. The van der Waals surface area contributed by atoms with Crippen LogP contribution < -0.4 is 5.73 Å². The molecular formula is C7H13NO4. The van der Waals surface area contributed by atoms with Gasteiger partial charge in [-0.2, -0.15) is 0 Å². The lowest BCUT2D eigenvalue weighted by atomic mass is 10.3. The van der Waals surface area contributed by atoms with E-state index in [1.165, 1.54) is 6.92 Å². The third kappa shape index (κ3) is 5.52. The summed E-state index contributed by atoms with van der Waals surface area (Å²) in [6.45, 7) is 3.14. The van der Waals surface area contributed by atoms with E-state index in [1.54, 1.807) is 0 Å². The molecule has 1 unspecified atom stereocenters. The summed E-state index contributed by atoms with van der Waals surface area (Å²) in [6, 6.07) is 0. The maximum Gasteiger partial charge on any atom is 0.404 e. The minimum Gasteiger partial charge on any atom is -0.459 e.